The number of hydrogen-bond donors (Lipinski definition) is 0. The second-order valence-electron chi connectivity index (χ2n) is 9.78. The highest BCUT2D eigenvalue weighted by atomic mass is 35.5. The van der Waals surface area contributed by atoms with E-state index in [-0.39, 0.29) is 65.9 Å². The second-order valence-corrected chi connectivity index (χ2v) is 11.3. The first-order valence-corrected chi connectivity index (χ1v) is 15.1. The van der Waals surface area contributed by atoms with E-state index in [0.717, 1.165) is 7.11 Å². The van der Waals surface area contributed by atoms with Gasteiger partial charge in [-0.15, -0.1) is 0 Å². The van der Waals surface area contributed by atoms with Crippen LogP contribution in [0.1, 0.15) is 21.0 Å². The summed E-state index contributed by atoms with van der Waals surface area (Å²) >= 11 is 23.5. The summed E-state index contributed by atoms with van der Waals surface area (Å²) in [6, 6.07) is 5.69. The van der Waals surface area contributed by atoms with Crippen molar-refractivity contribution in [1.82, 2.24) is 19.9 Å². The molecule has 2 aromatic heterocycles. The van der Waals surface area contributed by atoms with Crippen LogP contribution in [0.2, 0.25) is 20.2 Å². The molecule has 1 aliphatic rings. The molecule has 2 aromatic carbocycles. The summed E-state index contributed by atoms with van der Waals surface area (Å²) in [4.78, 5) is 44.2. The maximum Gasteiger partial charge on any atom is 0.359 e. The van der Waals surface area contributed by atoms with Gasteiger partial charge in [-0.2, -0.15) is 0 Å². The Hall–Kier alpha value is -4.24. The first-order valence-electron chi connectivity index (χ1n) is 13.6. The zero-order chi connectivity index (χ0) is 35.4. The van der Waals surface area contributed by atoms with Crippen LogP contribution in [0.4, 0.5) is 20.3 Å². The van der Waals surface area contributed by atoms with Gasteiger partial charge < -0.3 is 28.7 Å². The summed E-state index contributed by atoms with van der Waals surface area (Å²) in [5.74, 6) is -2.76. The van der Waals surface area contributed by atoms with Crippen LogP contribution < -0.4 is 19.3 Å². The summed E-state index contributed by atoms with van der Waals surface area (Å²) in [5.41, 5.74) is 0.392. The van der Waals surface area contributed by atoms with Crippen molar-refractivity contribution in [3.8, 4) is 34.3 Å². The number of halogens is 6. The van der Waals surface area contributed by atoms with Crippen LogP contribution in [0.25, 0.3) is 22.8 Å². The molecule has 0 spiro atoms. The Kier molecular flexibility index (Phi) is 11.7. The van der Waals surface area contributed by atoms with Crippen molar-refractivity contribution < 1.29 is 37.3 Å². The molecule has 0 saturated heterocycles. The molecule has 0 amide bonds. The van der Waals surface area contributed by atoms with Crippen LogP contribution in [0, 0.1) is 11.6 Å². The summed E-state index contributed by atoms with van der Waals surface area (Å²) in [6.07, 6.45) is 0. The number of ether oxygens (including phenoxy) is 4. The number of aromatic nitrogens is 4. The fourth-order valence-electron chi connectivity index (χ4n) is 4.49. The minimum Gasteiger partial charge on any atom is -0.492 e. The highest BCUT2D eigenvalue weighted by Crippen LogP contribution is 2.39. The van der Waals surface area contributed by atoms with Crippen LogP contribution in [0.15, 0.2) is 24.3 Å². The predicted octanol–water partition coefficient (Wildman–Crippen LogP) is 6.66. The number of rotatable bonds is 6. The number of carbonyl (C=O) groups excluding carboxylic acids is 2. The fraction of sp³-hybridized carbons (Fsp3) is 0.267. The molecule has 5 rings (SSSR count). The Morgan fingerprint density at radius 2 is 1.15 bits per heavy atom. The monoisotopic (exact) mass is 744 g/mol. The molecule has 0 atom stereocenters. The van der Waals surface area contributed by atoms with Crippen LogP contribution >= 0.6 is 46.4 Å². The normalized spacial score (nSPS) is 12.1. The van der Waals surface area contributed by atoms with E-state index in [9.17, 15) is 18.4 Å². The van der Waals surface area contributed by atoms with Crippen molar-refractivity contribution >= 4 is 69.8 Å². The highest BCUT2D eigenvalue weighted by Gasteiger charge is 2.30. The first kappa shape index (κ1) is 36.6. The van der Waals surface area contributed by atoms with Gasteiger partial charge >= 0.3 is 11.9 Å². The van der Waals surface area contributed by atoms with Gasteiger partial charge in [0.1, 0.15) is 10.7 Å². The van der Waals surface area contributed by atoms with E-state index in [1.165, 1.54) is 45.6 Å². The van der Waals surface area contributed by atoms with E-state index < -0.39 is 23.6 Å². The van der Waals surface area contributed by atoms with Gasteiger partial charge in [0.15, 0.2) is 57.1 Å². The van der Waals surface area contributed by atoms with Crippen molar-refractivity contribution in [1.29, 1.82) is 0 Å². The third kappa shape index (κ3) is 7.11. The summed E-state index contributed by atoms with van der Waals surface area (Å²) in [5, 5.41) is -0.173. The van der Waals surface area contributed by atoms with Crippen LogP contribution in [0.5, 0.6) is 11.5 Å². The molecule has 4 aromatic rings. The Morgan fingerprint density at radius 1 is 0.688 bits per heavy atom. The van der Waals surface area contributed by atoms with Gasteiger partial charge in [-0.05, 0) is 24.3 Å². The average molecular weight is 746 g/mol. The summed E-state index contributed by atoms with van der Waals surface area (Å²) in [7, 11) is 8.71. The van der Waals surface area contributed by atoms with Gasteiger partial charge in [0.05, 0.1) is 49.6 Å². The molecule has 1 aliphatic heterocycles. The number of methoxy groups -OCH3 is 4. The number of hydrogen-bond acceptors (Lipinski definition) is 12. The quantitative estimate of drug-likeness (QED) is 0.155. The number of carbonyl (C=O) groups is 2. The van der Waals surface area contributed by atoms with Crippen molar-refractivity contribution in [3.63, 3.8) is 0 Å². The van der Waals surface area contributed by atoms with Crippen molar-refractivity contribution in [2.45, 2.75) is 0 Å². The van der Waals surface area contributed by atoms with Gasteiger partial charge in [-0.1, -0.05) is 46.4 Å². The largest absolute Gasteiger partial charge is 0.492 e. The molecule has 3 heterocycles. The molecule has 0 fully saturated rings. The molecule has 48 heavy (non-hydrogen) atoms. The predicted molar refractivity (Wildman–Crippen MR) is 177 cm³/mol. The Labute approximate surface area is 293 Å². The van der Waals surface area contributed by atoms with Crippen LogP contribution in [-0.4, -0.2) is 87.5 Å². The molecule has 0 aliphatic carbocycles. The molecule has 0 radical (unpaired) electrons. The van der Waals surface area contributed by atoms with E-state index in [1.54, 1.807) is 0 Å². The lowest BCUT2D eigenvalue weighted by molar-refractivity contribution is 0.0585. The maximum absolute atomic E-state index is 14.8. The molecule has 12 nitrogen and oxygen atoms in total. The third-order valence-electron chi connectivity index (χ3n) is 6.94. The molecule has 0 bridgehead atoms. The van der Waals surface area contributed by atoms with Gasteiger partial charge in [-0.3, -0.25) is 0 Å². The van der Waals surface area contributed by atoms with E-state index in [0.29, 0.717) is 24.6 Å². The second kappa shape index (κ2) is 15.3. The number of esters is 2. The minimum atomic E-state index is -0.822. The van der Waals surface area contributed by atoms with Gasteiger partial charge in [0, 0.05) is 27.2 Å². The van der Waals surface area contributed by atoms with Crippen LogP contribution in [0.3, 0.4) is 0 Å². The number of likely N-dealkylation sites (N-methyl/N-ethyl adjacent to an activating group) is 2. The minimum absolute atomic E-state index is 0.0510. The molecular weight excluding hydrogens is 720 g/mol. The molecule has 0 unspecified atom stereocenters. The molecule has 254 valence electrons. The standard InChI is InChI=1S/C17H18ClFN4O3.C13H8Cl3FN2O3/c1-22-7-8-23(2)16-13(22)12(17(24)26-4)20-15(21-16)9-5-6-10(18)14(25-3)11(9)19;1-21-10-6(14)4-3-5(8(10)17)12-18-9(13(20)22-2)7(15)11(16)19-12/h5-6H,7-8H2,1-4H3;3-4H,1-2H3. The Bertz CT molecular complexity index is 1900. The van der Waals surface area contributed by atoms with Crippen LogP contribution in [-0.2, 0) is 9.47 Å². The smallest absolute Gasteiger partial charge is 0.359 e. The van der Waals surface area contributed by atoms with Crippen molar-refractivity contribution in [3.05, 3.63) is 67.5 Å². The SMILES string of the molecule is COC(=O)c1nc(-c2ccc(Cl)c(OC)c2F)nc(Cl)c1Cl.COC(=O)c1nc(-c2ccc(Cl)c(OC)c2F)nc2c1N(C)CCN2C. The van der Waals surface area contributed by atoms with Gasteiger partial charge in [0.2, 0.25) is 0 Å². The molecule has 18 heteroatoms. The topological polar surface area (TPSA) is 129 Å². The van der Waals surface area contributed by atoms with E-state index in [4.69, 9.17) is 60.6 Å². The molecule has 0 N–H and O–H groups in total. The average Bonchev–Trinajstić information content (AvgIpc) is 3.07. The van der Waals surface area contributed by atoms with E-state index >= 15 is 0 Å². The number of fused-ring (bicyclic) bond motifs is 1. The zero-order valence-corrected chi connectivity index (χ0v) is 29.1. The first-order chi connectivity index (χ1) is 22.8. The zero-order valence-electron chi connectivity index (χ0n) is 26.1. The lowest BCUT2D eigenvalue weighted by atomic mass is 10.1. The lowest BCUT2D eigenvalue weighted by Crippen LogP contribution is -2.39. The Morgan fingerprint density at radius 3 is 1.65 bits per heavy atom. The number of nitrogens with zero attached hydrogens (tertiary/aromatic N) is 6. The summed E-state index contributed by atoms with van der Waals surface area (Å²) < 4.78 is 48.5. The van der Waals surface area contributed by atoms with E-state index in [1.807, 2.05) is 23.9 Å². The summed E-state index contributed by atoms with van der Waals surface area (Å²) in [6.45, 7) is 1.40. The van der Waals surface area contributed by atoms with E-state index in [2.05, 4.69) is 24.7 Å². The number of benzene rings is 2. The Balaban J connectivity index is 0.000000220. The van der Waals surface area contributed by atoms with Gasteiger partial charge in [-0.25, -0.2) is 38.3 Å². The fourth-order valence-corrected chi connectivity index (χ4v) is 5.27. The van der Waals surface area contributed by atoms with Crippen molar-refractivity contribution in [2.75, 3.05) is 65.4 Å². The molecular formula is C30H26Cl4F2N6O6. The van der Waals surface area contributed by atoms with Crippen molar-refractivity contribution in [2.24, 2.45) is 0 Å². The third-order valence-corrected chi connectivity index (χ3v) is 8.26. The molecule has 0 saturated carbocycles. The number of anilines is 2. The highest BCUT2D eigenvalue weighted by molar-refractivity contribution is 6.42. The van der Waals surface area contributed by atoms with Gasteiger partial charge in [0.25, 0.3) is 0 Å². The lowest BCUT2D eigenvalue weighted by Gasteiger charge is -2.34. The maximum atomic E-state index is 14.8.